The summed E-state index contributed by atoms with van der Waals surface area (Å²) in [7, 11) is 0. The Morgan fingerprint density at radius 3 is 1.89 bits per heavy atom. The van der Waals surface area contributed by atoms with Gasteiger partial charge in [0.1, 0.15) is 0 Å². The Kier molecular flexibility index (Phi) is 5.23. The average Bonchev–Trinajstić information content (AvgIpc) is 2.67. The van der Waals surface area contributed by atoms with Crippen LogP contribution in [0.1, 0.15) is 64.2 Å². The van der Waals surface area contributed by atoms with E-state index in [4.69, 9.17) is 0 Å². The van der Waals surface area contributed by atoms with E-state index in [1.807, 2.05) is 0 Å². The van der Waals surface area contributed by atoms with Crippen molar-refractivity contribution in [3.8, 4) is 0 Å². The van der Waals surface area contributed by atoms with Crippen LogP contribution in [0.25, 0.3) is 0 Å². The van der Waals surface area contributed by atoms with Gasteiger partial charge in [0.2, 0.25) is 5.91 Å². The summed E-state index contributed by atoms with van der Waals surface area (Å²) in [5, 5.41) is 14.2. The Morgan fingerprint density at radius 2 is 1.32 bits per heavy atom. The maximum absolute atomic E-state index is 12.3. The zero-order chi connectivity index (χ0) is 13.7. The van der Waals surface area contributed by atoms with Crippen molar-refractivity contribution in [2.75, 3.05) is 0 Å². The number of carbonyl (C=O) groups is 2. The van der Waals surface area contributed by atoms with Crippen LogP contribution in [0.3, 0.4) is 0 Å². The lowest BCUT2D eigenvalue weighted by molar-refractivity contribution is -0.314. The highest BCUT2D eigenvalue weighted by Gasteiger charge is 2.32. The number of rotatable bonds is 3. The first-order valence-electron chi connectivity index (χ1n) is 7.69. The standard InChI is InChI=1S/C15H25NO3/c17-14(16-11-7-3-1-2-4-8-11)12-9-5-6-10-13(12)15(18)19/h11-13H,1-10H2,(H,16,17)(H,18,19)/p-1/t12-,13+/m1/s1. The lowest BCUT2D eigenvalue weighted by atomic mass is 9.78. The first-order valence-corrected chi connectivity index (χ1v) is 7.69. The predicted molar refractivity (Wildman–Crippen MR) is 70.1 cm³/mol. The van der Waals surface area contributed by atoms with Gasteiger partial charge in [0.25, 0.3) is 0 Å². The Hall–Kier alpha value is -1.06. The SMILES string of the molecule is O=C([O-])[C@H]1CCCC[C@H]1C(=O)NC1CCCCCC1. The molecule has 0 saturated heterocycles. The van der Waals surface area contributed by atoms with Crippen molar-refractivity contribution in [1.82, 2.24) is 5.32 Å². The van der Waals surface area contributed by atoms with Crippen LogP contribution in [0.15, 0.2) is 0 Å². The number of nitrogens with one attached hydrogen (secondary N) is 1. The topological polar surface area (TPSA) is 69.2 Å². The van der Waals surface area contributed by atoms with Gasteiger partial charge in [0.05, 0.1) is 0 Å². The number of carboxylic acids is 1. The molecular formula is C15H24NO3-. The fraction of sp³-hybridized carbons (Fsp3) is 0.867. The normalized spacial score (nSPS) is 29.5. The van der Waals surface area contributed by atoms with Crippen molar-refractivity contribution in [2.24, 2.45) is 11.8 Å². The minimum atomic E-state index is -1.05. The summed E-state index contributed by atoms with van der Waals surface area (Å²) in [5.74, 6) is -2.07. The van der Waals surface area contributed by atoms with Gasteiger partial charge in [-0.1, -0.05) is 38.5 Å². The average molecular weight is 266 g/mol. The Bertz CT molecular complexity index is 321. The molecule has 2 aliphatic carbocycles. The lowest BCUT2D eigenvalue weighted by Crippen LogP contribution is -2.47. The van der Waals surface area contributed by atoms with Crippen LogP contribution in [0.2, 0.25) is 0 Å². The van der Waals surface area contributed by atoms with Crippen LogP contribution >= 0.6 is 0 Å². The number of carbonyl (C=O) groups excluding carboxylic acids is 2. The molecule has 2 fully saturated rings. The molecule has 0 aromatic carbocycles. The summed E-state index contributed by atoms with van der Waals surface area (Å²) < 4.78 is 0. The molecule has 0 unspecified atom stereocenters. The second kappa shape index (κ2) is 6.92. The fourth-order valence-electron chi connectivity index (χ4n) is 3.46. The molecule has 0 spiro atoms. The van der Waals surface area contributed by atoms with Crippen LogP contribution in [0, 0.1) is 11.8 Å². The van der Waals surface area contributed by atoms with Crippen molar-refractivity contribution < 1.29 is 14.7 Å². The smallest absolute Gasteiger partial charge is 0.223 e. The molecule has 108 valence electrons. The van der Waals surface area contributed by atoms with E-state index in [9.17, 15) is 14.7 Å². The maximum Gasteiger partial charge on any atom is 0.223 e. The third kappa shape index (κ3) is 3.95. The molecule has 19 heavy (non-hydrogen) atoms. The molecule has 0 bridgehead atoms. The highest BCUT2D eigenvalue weighted by molar-refractivity contribution is 5.84. The molecule has 4 nitrogen and oxygen atoms in total. The molecule has 2 rings (SSSR count). The van der Waals surface area contributed by atoms with E-state index in [1.54, 1.807) is 0 Å². The molecule has 2 atom stereocenters. The summed E-state index contributed by atoms with van der Waals surface area (Å²) >= 11 is 0. The van der Waals surface area contributed by atoms with Crippen LogP contribution in [-0.4, -0.2) is 17.9 Å². The molecule has 0 aromatic heterocycles. The van der Waals surface area contributed by atoms with E-state index in [2.05, 4.69) is 5.32 Å². The van der Waals surface area contributed by atoms with Crippen LogP contribution in [-0.2, 0) is 9.59 Å². The van der Waals surface area contributed by atoms with Gasteiger partial charge in [0, 0.05) is 23.8 Å². The molecule has 2 aliphatic rings. The molecule has 0 radical (unpaired) electrons. The van der Waals surface area contributed by atoms with Gasteiger partial charge < -0.3 is 15.2 Å². The molecule has 1 amide bonds. The summed E-state index contributed by atoms with van der Waals surface area (Å²) in [5.41, 5.74) is 0. The van der Waals surface area contributed by atoms with E-state index >= 15 is 0 Å². The Balaban J connectivity index is 1.91. The Labute approximate surface area is 115 Å². The molecule has 0 aromatic rings. The van der Waals surface area contributed by atoms with E-state index in [1.165, 1.54) is 25.7 Å². The third-order valence-electron chi connectivity index (χ3n) is 4.61. The van der Waals surface area contributed by atoms with Crippen molar-refractivity contribution >= 4 is 11.9 Å². The molecular weight excluding hydrogens is 242 g/mol. The second-order valence-corrected chi connectivity index (χ2v) is 6.01. The predicted octanol–water partition coefficient (Wildman–Crippen LogP) is 1.38. The molecule has 0 heterocycles. The molecule has 4 heteroatoms. The van der Waals surface area contributed by atoms with Gasteiger partial charge in [-0.2, -0.15) is 0 Å². The quantitative estimate of drug-likeness (QED) is 0.785. The van der Waals surface area contributed by atoms with Crippen molar-refractivity contribution in [1.29, 1.82) is 0 Å². The number of carboxylic acid groups (broad SMARTS) is 1. The van der Waals surface area contributed by atoms with E-state index in [0.29, 0.717) is 12.8 Å². The second-order valence-electron chi connectivity index (χ2n) is 6.01. The first-order chi connectivity index (χ1) is 9.18. The molecule has 2 saturated carbocycles. The van der Waals surface area contributed by atoms with Gasteiger partial charge >= 0.3 is 0 Å². The van der Waals surface area contributed by atoms with E-state index in [0.717, 1.165) is 25.7 Å². The minimum absolute atomic E-state index is 0.0548. The minimum Gasteiger partial charge on any atom is -0.550 e. The number of hydrogen-bond acceptors (Lipinski definition) is 3. The first kappa shape index (κ1) is 14.4. The van der Waals surface area contributed by atoms with Crippen molar-refractivity contribution in [3.05, 3.63) is 0 Å². The zero-order valence-electron chi connectivity index (χ0n) is 11.5. The van der Waals surface area contributed by atoms with Crippen LogP contribution < -0.4 is 10.4 Å². The summed E-state index contributed by atoms with van der Waals surface area (Å²) in [6, 6.07) is 0.249. The van der Waals surface area contributed by atoms with E-state index < -0.39 is 11.9 Å². The largest absolute Gasteiger partial charge is 0.550 e. The summed E-state index contributed by atoms with van der Waals surface area (Å²) in [6.07, 6.45) is 10.0. The van der Waals surface area contributed by atoms with Gasteiger partial charge in [-0.3, -0.25) is 4.79 Å². The Morgan fingerprint density at radius 1 is 0.789 bits per heavy atom. The van der Waals surface area contributed by atoms with Gasteiger partial charge in [-0.05, 0) is 25.7 Å². The lowest BCUT2D eigenvalue weighted by Gasteiger charge is -2.32. The van der Waals surface area contributed by atoms with Crippen LogP contribution in [0.4, 0.5) is 0 Å². The molecule has 1 N–H and O–H groups in total. The number of amides is 1. The highest BCUT2D eigenvalue weighted by Crippen LogP contribution is 2.30. The van der Waals surface area contributed by atoms with Gasteiger partial charge in [0.15, 0.2) is 0 Å². The van der Waals surface area contributed by atoms with Crippen LogP contribution in [0.5, 0.6) is 0 Å². The van der Waals surface area contributed by atoms with Crippen molar-refractivity contribution in [2.45, 2.75) is 70.3 Å². The highest BCUT2D eigenvalue weighted by atomic mass is 16.4. The fourth-order valence-corrected chi connectivity index (χ4v) is 3.46. The zero-order valence-corrected chi connectivity index (χ0v) is 11.5. The monoisotopic (exact) mass is 266 g/mol. The third-order valence-corrected chi connectivity index (χ3v) is 4.61. The summed E-state index contributed by atoms with van der Waals surface area (Å²) in [6.45, 7) is 0. The molecule has 0 aliphatic heterocycles. The number of aliphatic carboxylic acids is 1. The van der Waals surface area contributed by atoms with Gasteiger partial charge in [-0.15, -0.1) is 0 Å². The van der Waals surface area contributed by atoms with Crippen molar-refractivity contribution in [3.63, 3.8) is 0 Å². The van der Waals surface area contributed by atoms with E-state index in [-0.39, 0.29) is 17.9 Å². The van der Waals surface area contributed by atoms with Gasteiger partial charge in [-0.25, -0.2) is 0 Å². The number of hydrogen-bond donors (Lipinski definition) is 1. The maximum atomic E-state index is 12.3. The summed E-state index contributed by atoms with van der Waals surface area (Å²) in [4.78, 5) is 23.4.